The number of anilines is 2. The number of nitrogens with zero attached hydrogens (tertiary/aromatic N) is 6. The van der Waals surface area contributed by atoms with Crippen LogP contribution in [0, 0.1) is 11.6 Å². The van der Waals surface area contributed by atoms with Gasteiger partial charge in [-0.1, -0.05) is 6.92 Å². The van der Waals surface area contributed by atoms with E-state index in [0.29, 0.717) is 54.2 Å². The SMILES string of the molecule is CCCS(=O)(=O)Nc1ccc(F)c(-n2cc(-c3cncnc3)c3nc(N(C)C4CCN(CCOCCOCC(=O)OC(C)(C)C)CC4)ccc32)c1F. The number of ether oxygens (including phenoxy) is 3. The smallest absolute Gasteiger partial charge is 0.332 e. The molecule has 16 heteroatoms. The molecule has 0 atom stereocenters. The van der Waals surface area contributed by atoms with Crippen molar-refractivity contribution in [3.8, 4) is 16.8 Å². The molecule has 4 aromatic rings. The fraction of sp³-hybridized carbons (Fsp3) is 0.500. The van der Waals surface area contributed by atoms with Crippen molar-refractivity contribution in [2.24, 2.45) is 0 Å². The highest BCUT2D eigenvalue weighted by molar-refractivity contribution is 7.92. The summed E-state index contributed by atoms with van der Waals surface area (Å²) in [5.74, 6) is -1.82. The highest BCUT2D eigenvalue weighted by Gasteiger charge is 2.26. The van der Waals surface area contributed by atoms with Gasteiger partial charge in [0.1, 0.15) is 35.9 Å². The zero-order valence-corrected chi connectivity index (χ0v) is 31.1. The van der Waals surface area contributed by atoms with Crippen LogP contribution in [0.1, 0.15) is 47.0 Å². The van der Waals surface area contributed by atoms with E-state index >= 15 is 8.78 Å². The minimum atomic E-state index is -3.83. The van der Waals surface area contributed by atoms with Crippen LogP contribution in [0.5, 0.6) is 0 Å². The Labute approximate surface area is 303 Å². The lowest BCUT2D eigenvalue weighted by Gasteiger charge is -2.37. The maximum Gasteiger partial charge on any atom is 0.332 e. The molecule has 1 N–H and O–H groups in total. The van der Waals surface area contributed by atoms with Crippen molar-refractivity contribution in [3.63, 3.8) is 0 Å². The normalized spacial score (nSPS) is 14.5. The van der Waals surface area contributed by atoms with Gasteiger partial charge in [0.25, 0.3) is 0 Å². The van der Waals surface area contributed by atoms with E-state index in [2.05, 4.69) is 24.5 Å². The third-order valence-corrected chi connectivity index (χ3v) is 10.1. The number of nitrogens with one attached hydrogen (secondary N) is 1. The molecule has 282 valence electrons. The molecule has 0 saturated carbocycles. The summed E-state index contributed by atoms with van der Waals surface area (Å²) in [5.41, 5.74) is 0.751. The van der Waals surface area contributed by atoms with Crippen molar-refractivity contribution in [2.45, 2.75) is 58.6 Å². The fourth-order valence-corrected chi connectivity index (χ4v) is 7.24. The number of benzene rings is 1. The lowest BCUT2D eigenvalue weighted by atomic mass is 10.0. The largest absolute Gasteiger partial charge is 0.458 e. The van der Waals surface area contributed by atoms with Gasteiger partial charge >= 0.3 is 5.97 Å². The highest BCUT2D eigenvalue weighted by Crippen LogP contribution is 2.36. The van der Waals surface area contributed by atoms with Gasteiger partial charge in [-0.15, -0.1) is 0 Å². The average Bonchev–Trinajstić information content (AvgIpc) is 3.47. The number of hydrogen-bond donors (Lipinski definition) is 1. The number of carbonyl (C=O) groups excluding carboxylic acids is 1. The lowest BCUT2D eigenvalue weighted by molar-refractivity contribution is -0.160. The first-order valence-corrected chi connectivity index (χ1v) is 19.0. The molecule has 52 heavy (non-hydrogen) atoms. The highest BCUT2D eigenvalue weighted by atomic mass is 32.2. The van der Waals surface area contributed by atoms with Gasteiger partial charge in [-0.05, 0) is 64.3 Å². The van der Waals surface area contributed by atoms with Gasteiger partial charge < -0.3 is 28.6 Å². The Kier molecular flexibility index (Phi) is 12.8. The molecule has 1 fully saturated rings. The van der Waals surface area contributed by atoms with Gasteiger partial charge in [-0.2, -0.15) is 0 Å². The topological polar surface area (TPSA) is 141 Å². The summed E-state index contributed by atoms with van der Waals surface area (Å²) in [4.78, 5) is 29.5. The van der Waals surface area contributed by atoms with E-state index in [1.165, 1.54) is 10.9 Å². The minimum Gasteiger partial charge on any atom is -0.458 e. The third-order valence-electron chi connectivity index (χ3n) is 8.58. The summed E-state index contributed by atoms with van der Waals surface area (Å²) in [6.45, 7) is 10.8. The van der Waals surface area contributed by atoms with Gasteiger partial charge in [0.05, 0.1) is 42.3 Å². The van der Waals surface area contributed by atoms with Crippen LogP contribution in [0.25, 0.3) is 27.8 Å². The Balaban J connectivity index is 1.26. The molecule has 0 aliphatic carbocycles. The predicted molar refractivity (Wildman–Crippen MR) is 195 cm³/mol. The van der Waals surface area contributed by atoms with Crippen LogP contribution in [-0.2, 0) is 29.0 Å². The van der Waals surface area contributed by atoms with E-state index in [-0.39, 0.29) is 24.1 Å². The second-order valence-electron chi connectivity index (χ2n) is 13.7. The van der Waals surface area contributed by atoms with Crippen molar-refractivity contribution < 1.29 is 36.2 Å². The lowest BCUT2D eigenvalue weighted by Crippen LogP contribution is -2.44. The molecule has 1 aromatic carbocycles. The number of halogens is 2. The quantitative estimate of drug-likeness (QED) is 0.120. The van der Waals surface area contributed by atoms with Gasteiger partial charge in [-0.25, -0.2) is 36.9 Å². The molecule has 1 aliphatic rings. The Morgan fingerprint density at radius 1 is 1.04 bits per heavy atom. The van der Waals surface area contributed by atoms with Gasteiger partial charge in [0.15, 0.2) is 5.82 Å². The van der Waals surface area contributed by atoms with Crippen LogP contribution >= 0.6 is 0 Å². The van der Waals surface area contributed by atoms with Crippen LogP contribution < -0.4 is 9.62 Å². The van der Waals surface area contributed by atoms with Crippen molar-refractivity contribution >= 4 is 38.5 Å². The number of fused-ring (bicyclic) bond motifs is 1. The third kappa shape index (κ3) is 9.99. The van der Waals surface area contributed by atoms with Gasteiger partial charge in [0.2, 0.25) is 10.0 Å². The fourth-order valence-electron chi connectivity index (χ4n) is 6.11. The van der Waals surface area contributed by atoms with Crippen LogP contribution in [-0.4, -0.2) is 109 Å². The molecule has 0 radical (unpaired) electrons. The minimum absolute atomic E-state index is 0.104. The zero-order chi connectivity index (χ0) is 37.5. The number of hydrogen-bond acceptors (Lipinski definition) is 11. The predicted octanol–water partition coefficient (Wildman–Crippen LogP) is 5.19. The first kappa shape index (κ1) is 39.0. The summed E-state index contributed by atoms with van der Waals surface area (Å²) in [6.07, 6.45) is 8.29. The first-order valence-electron chi connectivity index (χ1n) is 17.3. The number of aromatic nitrogens is 4. The van der Waals surface area contributed by atoms with Crippen LogP contribution in [0.4, 0.5) is 20.3 Å². The number of sulfonamides is 1. The number of pyridine rings is 1. The Morgan fingerprint density at radius 2 is 1.75 bits per heavy atom. The summed E-state index contributed by atoms with van der Waals surface area (Å²) in [7, 11) is -1.84. The van der Waals surface area contributed by atoms with Crippen LogP contribution in [0.15, 0.2) is 49.2 Å². The van der Waals surface area contributed by atoms with Gasteiger partial charge in [-0.3, -0.25) is 4.72 Å². The Hall–Kier alpha value is -4.25. The number of carbonyl (C=O) groups is 1. The number of rotatable bonds is 16. The molecule has 5 rings (SSSR count). The number of likely N-dealkylation sites (tertiary alicyclic amines) is 1. The maximum absolute atomic E-state index is 16.0. The van der Waals surface area contributed by atoms with E-state index in [1.807, 2.05) is 33.9 Å². The van der Waals surface area contributed by atoms with Crippen molar-refractivity contribution in [3.05, 3.63) is 60.8 Å². The molecule has 4 heterocycles. The Morgan fingerprint density at radius 3 is 2.44 bits per heavy atom. The van der Waals surface area contributed by atoms with Crippen molar-refractivity contribution in [2.75, 3.05) is 68.5 Å². The second kappa shape index (κ2) is 17.1. The molecule has 0 spiro atoms. The molecule has 13 nitrogen and oxygen atoms in total. The van der Waals surface area contributed by atoms with E-state index in [9.17, 15) is 13.2 Å². The average molecular weight is 744 g/mol. The summed E-state index contributed by atoms with van der Waals surface area (Å²) >= 11 is 0. The molecular weight excluding hydrogens is 697 g/mol. The maximum atomic E-state index is 16.0. The molecule has 0 bridgehead atoms. The molecule has 0 unspecified atom stereocenters. The van der Waals surface area contributed by atoms with E-state index < -0.39 is 38.9 Å². The van der Waals surface area contributed by atoms with Crippen molar-refractivity contribution in [1.82, 2.24) is 24.4 Å². The van der Waals surface area contributed by atoms with Crippen LogP contribution in [0.2, 0.25) is 0 Å². The summed E-state index contributed by atoms with van der Waals surface area (Å²) in [6, 6.07) is 5.90. The first-order chi connectivity index (χ1) is 24.8. The van der Waals surface area contributed by atoms with Crippen molar-refractivity contribution in [1.29, 1.82) is 0 Å². The number of piperidine rings is 1. The standard InChI is InChI=1S/C36H47F2N7O6S/c1-6-19-52(47,48)42-29-8-7-28(37)35(33(29)38)45-22-27(25-20-39-24-40-21-25)34-30(45)9-10-31(41-34)43(5)26-11-13-44(14-12-26)15-16-49-17-18-50-23-32(46)51-36(2,3)4/h7-10,20-22,24,26,42H,6,11-19,23H2,1-5H3. The Bertz CT molecular complexity index is 1930. The molecule has 0 amide bonds. The van der Waals surface area contributed by atoms with E-state index in [0.717, 1.165) is 44.6 Å². The monoisotopic (exact) mass is 743 g/mol. The van der Waals surface area contributed by atoms with E-state index in [1.54, 1.807) is 31.6 Å². The molecule has 1 aliphatic heterocycles. The second-order valence-corrected chi connectivity index (χ2v) is 15.5. The number of esters is 1. The molecule has 3 aromatic heterocycles. The van der Waals surface area contributed by atoms with E-state index in [4.69, 9.17) is 19.2 Å². The molecule has 1 saturated heterocycles. The zero-order valence-electron chi connectivity index (χ0n) is 30.3. The summed E-state index contributed by atoms with van der Waals surface area (Å²) < 4.78 is 76.1. The summed E-state index contributed by atoms with van der Waals surface area (Å²) in [5, 5.41) is 0. The van der Waals surface area contributed by atoms with Gasteiger partial charge in [0, 0.05) is 62.4 Å². The van der Waals surface area contributed by atoms with Crippen LogP contribution in [0.3, 0.4) is 0 Å². The molecular formula is C36H47F2N7O6S.